The van der Waals surface area contributed by atoms with Crippen molar-refractivity contribution in [2.24, 2.45) is 5.41 Å². The Balaban J connectivity index is 1.94. The Morgan fingerprint density at radius 2 is 2.17 bits per heavy atom. The van der Waals surface area contributed by atoms with Gasteiger partial charge >= 0.3 is 0 Å². The molecular weight excluding hydrogens is 230 g/mol. The van der Waals surface area contributed by atoms with Crippen molar-refractivity contribution in [2.75, 3.05) is 5.73 Å². The Labute approximate surface area is 106 Å². The minimum absolute atomic E-state index is 0.275. The summed E-state index contributed by atoms with van der Waals surface area (Å²) in [6.07, 6.45) is 5.19. The maximum absolute atomic E-state index is 5.58. The molecule has 0 spiro atoms. The normalized spacial score (nSPS) is 11.9. The number of rotatable bonds is 4. The van der Waals surface area contributed by atoms with Gasteiger partial charge in [0.1, 0.15) is 6.54 Å². The summed E-state index contributed by atoms with van der Waals surface area (Å²) in [6, 6.07) is 0. The average molecular weight is 249 g/mol. The SMILES string of the molecule is CC(C)(C)CCc1noc(Cn2cc(N)cn2)n1. The number of anilines is 1. The van der Waals surface area contributed by atoms with Crippen LogP contribution < -0.4 is 5.73 Å². The number of nitrogens with zero attached hydrogens (tertiary/aromatic N) is 4. The summed E-state index contributed by atoms with van der Waals surface area (Å²) in [4.78, 5) is 4.34. The van der Waals surface area contributed by atoms with E-state index in [2.05, 4.69) is 36.0 Å². The lowest BCUT2D eigenvalue weighted by molar-refractivity contribution is 0.349. The number of hydrogen-bond donors (Lipinski definition) is 1. The van der Waals surface area contributed by atoms with E-state index in [1.54, 1.807) is 17.1 Å². The molecule has 6 nitrogen and oxygen atoms in total. The number of aryl methyl sites for hydroxylation is 1. The summed E-state index contributed by atoms with van der Waals surface area (Å²) >= 11 is 0. The first kappa shape index (κ1) is 12.6. The molecule has 0 fully saturated rings. The third-order valence-electron chi connectivity index (χ3n) is 2.56. The maximum Gasteiger partial charge on any atom is 0.248 e. The lowest BCUT2D eigenvalue weighted by atomic mass is 9.90. The van der Waals surface area contributed by atoms with Crippen molar-refractivity contribution < 1.29 is 4.52 Å². The second-order valence-electron chi connectivity index (χ2n) is 5.64. The zero-order chi connectivity index (χ0) is 13.2. The lowest BCUT2D eigenvalue weighted by Crippen LogP contribution is -2.07. The molecule has 0 saturated heterocycles. The van der Waals surface area contributed by atoms with Crippen LogP contribution in [0.4, 0.5) is 5.69 Å². The van der Waals surface area contributed by atoms with Crippen LogP contribution in [0.1, 0.15) is 38.9 Å². The second-order valence-corrected chi connectivity index (χ2v) is 5.64. The van der Waals surface area contributed by atoms with Crippen molar-refractivity contribution in [3.63, 3.8) is 0 Å². The molecule has 0 atom stereocenters. The average Bonchev–Trinajstić information content (AvgIpc) is 2.85. The van der Waals surface area contributed by atoms with Crippen LogP contribution in [0.25, 0.3) is 0 Å². The minimum Gasteiger partial charge on any atom is -0.396 e. The summed E-state index contributed by atoms with van der Waals surface area (Å²) in [5.74, 6) is 1.31. The monoisotopic (exact) mass is 249 g/mol. The molecular formula is C12H19N5O. The Bertz CT molecular complexity index is 509. The highest BCUT2D eigenvalue weighted by Gasteiger charge is 2.13. The van der Waals surface area contributed by atoms with Crippen LogP contribution in [-0.2, 0) is 13.0 Å². The summed E-state index contributed by atoms with van der Waals surface area (Å²) < 4.78 is 6.86. The van der Waals surface area contributed by atoms with Crippen molar-refractivity contribution in [3.05, 3.63) is 24.1 Å². The largest absolute Gasteiger partial charge is 0.396 e. The molecule has 0 unspecified atom stereocenters. The standard InChI is InChI=1S/C12H19N5O/c1-12(2,3)5-4-10-15-11(18-16-10)8-17-7-9(13)6-14-17/h6-7H,4-5,8,13H2,1-3H3. The second kappa shape index (κ2) is 4.80. The predicted molar refractivity (Wildman–Crippen MR) is 67.8 cm³/mol. The zero-order valence-electron chi connectivity index (χ0n) is 11.1. The first-order valence-corrected chi connectivity index (χ1v) is 6.02. The van der Waals surface area contributed by atoms with E-state index in [9.17, 15) is 0 Å². The molecule has 2 aromatic rings. The van der Waals surface area contributed by atoms with E-state index in [0.29, 0.717) is 18.1 Å². The topological polar surface area (TPSA) is 82.8 Å². The maximum atomic E-state index is 5.58. The van der Waals surface area contributed by atoms with E-state index in [4.69, 9.17) is 10.3 Å². The van der Waals surface area contributed by atoms with Crippen LogP contribution in [0.15, 0.2) is 16.9 Å². The van der Waals surface area contributed by atoms with E-state index in [-0.39, 0.29) is 5.41 Å². The fourth-order valence-corrected chi connectivity index (χ4v) is 1.55. The first-order valence-electron chi connectivity index (χ1n) is 6.02. The summed E-state index contributed by atoms with van der Waals surface area (Å²) in [6.45, 7) is 7.04. The molecule has 0 aliphatic rings. The Hall–Kier alpha value is -1.85. The van der Waals surface area contributed by atoms with Crippen molar-refractivity contribution in [2.45, 2.75) is 40.2 Å². The third kappa shape index (κ3) is 3.58. The van der Waals surface area contributed by atoms with Crippen LogP contribution in [-0.4, -0.2) is 19.9 Å². The highest BCUT2D eigenvalue weighted by atomic mass is 16.5. The Morgan fingerprint density at radius 3 is 2.78 bits per heavy atom. The number of nitrogen functional groups attached to an aromatic ring is 1. The zero-order valence-corrected chi connectivity index (χ0v) is 11.1. The van der Waals surface area contributed by atoms with E-state index in [1.165, 1.54) is 0 Å². The van der Waals surface area contributed by atoms with Gasteiger partial charge < -0.3 is 10.3 Å². The minimum atomic E-state index is 0.275. The molecule has 6 heteroatoms. The van der Waals surface area contributed by atoms with Crippen molar-refractivity contribution in [3.8, 4) is 0 Å². The molecule has 2 aromatic heterocycles. The lowest BCUT2D eigenvalue weighted by Gasteiger charge is -2.15. The van der Waals surface area contributed by atoms with E-state index in [1.807, 2.05) is 0 Å². The van der Waals surface area contributed by atoms with Crippen molar-refractivity contribution >= 4 is 5.69 Å². The van der Waals surface area contributed by atoms with Crippen molar-refractivity contribution in [1.29, 1.82) is 0 Å². The number of aromatic nitrogens is 4. The van der Waals surface area contributed by atoms with Gasteiger partial charge in [-0.2, -0.15) is 10.1 Å². The molecule has 2 N–H and O–H groups in total. The van der Waals surface area contributed by atoms with Gasteiger partial charge in [0.25, 0.3) is 0 Å². The van der Waals surface area contributed by atoms with Crippen LogP contribution in [0, 0.1) is 5.41 Å². The smallest absolute Gasteiger partial charge is 0.248 e. The van der Waals surface area contributed by atoms with E-state index in [0.717, 1.165) is 18.7 Å². The molecule has 0 aliphatic carbocycles. The van der Waals surface area contributed by atoms with Crippen LogP contribution in [0.2, 0.25) is 0 Å². The number of hydrogen-bond acceptors (Lipinski definition) is 5. The summed E-state index contributed by atoms with van der Waals surface area (Å²) in [5.41, 5.74) is 6.49. The van der Waals surface area contributed by atoms with Gasteiger partial charge in [-0.1, -0.05) is 25.9 Å². The first-order chi connectivity index (χ1) is 8.42. The molecule has 2 heterocycles. The summed E-state index contributed by atoms with van der Waals surface area (Å²) in [7, 11) is 0. The highest BCUT2D eigenvalue weighted by Crippen LogP contribution is 2.20. The molecule has 18 heavy (non-hydrogen) atoms. The molecule has 0 bridgehead atoms. The molecule has 0 aromatic carbocycles. The highest BCUT2D eigenvalue weighted by molar-refractivity contribution is 5.30. The third-order valence-corrected chi connectivity index (χ3v) is 2.56. The summed E-state index contributed by atoms with van der Waals surface area (Å²) in [5, 5.41) is 8.03. The van der Waals surface area contributed by atoms with E-state index < -0.39 is 0 Å². The van der Waals surface area contributed by atoms with Gasteiger partial charge in [0.05, 0.1) is 11.9 Å². The quantitative estimate of drug-likeness (QED) is 0.894. The van der Waals surface area contributed by atoms with E-state index >= 15 is 0 Å². The van der Waals surface area contributed by atoms with Gasteiger partial charge in [0, 0.05) is 12.6 Å². The fraction of sp³-hybridized carbons (Fsp3) is 0.583. The van der Waals surface area contributed by atoms with Crippen LogP contribution >= 0.6 is 0 Å². The van der Waals surface area contributed by atoms with Crippen molar-refractivity contribution in [1.82, 2.24) is 19.9 Å². The molecule has 0 radical (unpaired) electrons. The Morgan fingerprint density at radius 1 is 1.39 bits per heavy atom. The van der Waals surface area contributed by atoms with Gasteiger partial charge in [-0.15, -0.1) is 0 Å². The number of nitrogens with two attached hydrogens (primary N) is 1. The van der Waals surface area contributed by atoms with Crippen LogP contribution in [0.5, 0.6) is 0 Å². The van der Waals surface area contributed by atoms with Gasteiger partial charge in [0.15, 0.2) is 5.82 Å². The van der Waals surface area contributed by atoms with Gasteiger partial charge in [-0.25, -0.2) is 0 Å². The Kier molecular flexibility index (Phi) is 3.36. The molecule has 2 rings (SSSR count). The predicted octanol–water partition coefficient (Wildman–Crippen LogP) is 1.88. The van der Waals surface area contributed by atoms with Crippen LogP contribution in [0.3, 0.4) is 0 Å². The fourth-order valence-electron chi connectivity index (χ4n) is 1.55. The molecule has 0 amide bonds. The van der Waals surface area contributed by atoms with Gasteiger partial charge in [-0.3, -0.25) is 4.68 Å². The van der Waals surface area contributed by atoms with Gasteiger partial charge in [0.2, 0.25) is 5.89 Å². The molecule has 0 aliphatic heterocycles. The van der Waals surface area contributed by atoms with Gasteiger partial charge in [-0.05, 0) is 11.8 Å². The molecule has 0 saturated carbocycles. The molecule has 98 valence electrons.